The molecule has 6 heteroatoms. The Kier molecular flexibility index (Phi) is 4.73. The molecule has 20 heavy (non-hydrogen) atoms. The predicted octanol–water partition coefficient (Wildman–Crippen LogP) is 4.00. The van der Waals surface area contributed by atoms with E-state index < -0.39 is 5.97 Å². The molecule has 0 aliphatic rings. The summed E-state index contributed by atoms with van der Waals surface area (Å²) in [5, 5.41) is 10.2. The Balaban J connectivity index is 2.50. The standard InChI is InChI=1S/C14H15ClN2O2S/c1-3-4-9(2)17-12-7-10(15)5-6-11(12)16-14(17)20-8-13(18)19/h3,5-7,9H,1,4,8H2,2H3,(H,18,19). The molecule has 0 amide bonds. The van der Waals surface area contributed by atoms with Crippen LogP contribution in [0.1, 0.15) is 19.4 Å². The number of nitrogens with zero attached hydrogens (tertiary/aromatic N) is 2. The summed E-state index contributed by atoms with van der Waals surface area (Å²) in [6.45, 7) is 5.80. The van der Waals surface area contributed by atoms with E-state index >= 15 is 0 Å². The molecule has 2 rings (SSSR count). The van der Waals surface area contributed by atoms with E-state index in [4.69, 9.17) is 16.7 Å². The van der Waals surface area contributed by atoms with Crippen LogP contribution >= 0.6 is 23.4 Å². The van der Waals surface area contributed by atoms with Gasteiger partial charge in [0.1, 0.15) is 0 Å². The minimum absolute atomic E-state index is 0.0160. The smallest absolute Gasteiger partial charge is 0.313 e. The van der Waals surface area contributed by atoms with Gasteiger partial charge in [-0.1, -0.05) is 29.4 Å². The van der Waals surface area contributed by atoms with Crippen molar-refractivity contribution in [3.63, 3.8) is 0 Å². The summed E-state index contributed by atoms with van der Waals surface area (Å²) in [5.74, 6) is -0.874. The minimum Gasteiger partial charge on any atom is -0.481 e. The summed E-state index contributed by atoms with van der Waals surface area (Å²) in [6, 6.07) is 5.63. The lowest BCUT2D eigenvalue weighted by Crippen LogP contribution is -2.07. The molecule has 0 fully saturated rings. The Morgan fingerprint density at radius 3 is 3.05 bits per heavy atom. The van der Waals surface area contributed by atoms with E-state index in [1.165, 1.54) is 11.8 Å². The zero-order chi connectivity index (χ0) is 14.7. The SMILES string of the molecule is C=CCC(C)n1c(SCC(=O)O)nc2ccc(Cl)cc21. The fourth-order valence-corrected chi connectivity index (χ4v) is 3.04. The second-order valence-electron chi connectivity index (χ2n) is 4.45. The van der Waals surface area contributed by atoms with Gasteiger partial charge < -0.3 is 9.67 Å². The quantitative estimate of drug-likeness (QED) is 0.647. The molecule has 1 N–H and O–H groups in total. The summed E-state index contributed by atoms with van der Waals surface area (Å²) >= 11 is 7.26. The van der Waals surface area contributed by atoms with Crippen LogP contribution in [0.15, 0.2) is 36.0 Å². The van der Waals surface area contributed by atoms with Gasteiger partial charge in [0.15, 0.2) is 5.16 Å². The normalized spacial score (nSPS) is 12.5. The third-order valence-electron chi connectivity index (χ3n) is 2.89. The van der Waals surface area contributed by atoms with Crippen molar-refractivity contribution in [2.75, 3.05) is 5.75 Å². The maximum absolute atomic E-state index is 10.8. The number of thioether (sulfide) groups is 1. The van der Waals surface area contributed by atoms with Gasteiger partial charge in [-0.25, -0.2) is 4.98 Å². The van der Waals surface area contributed by atoms with Crippen LogP contribution in [0, 0.1) is 0 Å². The zero-order valence-electron chi connectivity index (χ0n) is 11.0. The summed E-state index contributed by atoms with van der Waals surface area (Å²) in [7, 11) is 0. The number of hydrogen-bond acceptors (Lipinski definition) is 3. The minimum atomic E-state index is -0.858. The van der Waals surface area contributed by atoms with Crippen LogP contribution in [0.2, 0.25) is 5.02 Å². The van der Waals surface area contributed by atoms with Crippen molar-refractivity contribution in [2.24, 2.45) is 0 Å². The Labute approximate surface area is 126 Å². The first kappa shape index (κ1) is 14.9. The molecule has 4 nitrogen and oxygen atoms in total. The third-order valence-corrected chi connectivity index (χ3v) is 4.07. The summed E-state index contributed by atoms with van der Waals surface area (Å²) in [5.41, 5.74) is 1.73. The number of imidazole rings is 1. The number of rotatable bonds is 6. The van der Waals surface area contributed by atoms with Crippen molar-refractivity contribution < 1.29 is 9.90 Å². The average molecular weight is 311 g/mol. The largest absolute Gasteiger partial charge is 0.481 e. The van der Waals surface area contributed by atoms with Gasteiger partial charge in [-0.05, 0) is 31.5 Å². The maximum Gasteiger partial charge on any atom is 0.313 e. The molecule has 0 bridgehead atoms. The summed E-state index contributed by atoms with van der Waals surface area (Å²) in [6.07, 6.45) is 2.62. The maximum atomic E-state index is 10.8. The molecule has 0 saturated carbocycles. The Morgan fingerprint density at radius 2 is 2.40 bits per heavy atom. The molecule has 0 aliphatic heterocycles. The van der Waals surface area contributed by atoms with E-state index in [1.54, 1.807) is 6.07 Å². The van der Waals surface area contributed by atoms with Crippen molar-refractivity contribution in [3.05, 3.63) is 35.9 Å². The van der Waals surface area contributed by atoms with Crippen molar-refractivity contribution >= 4 is 40.4 Å². The number of carboxylic acid groups (broad SMARTS) is 1. The second kappa shape index (κ2) is 6.33. The number of allylic oxidation sites excluding steroid dienone is 1. The number of aliphatic carboxylic acids is 1. The first-order valence-corrected chi connectivity index (χ1v) is 7.52. The molecule has 0 radical (unpaired) electrons. The van der Waals surface area contributed by atoms with Crippen LogP contribution in [0.25, 0.3) is 11.0 Å². The molecular formula is C14H15ClN2O2S. The molecule has 1 aromatic carbocycles. The number of carbonyl (C=O) groups is 1. The van der Waals surface area contributed by atoms with E-state index in [2.05, 4.69) is 18.5 Å². The van der Waals surface area contributed by atoms with Crippen molar-refractivity contribution in [1.29, 1.82) is 0 Å². The highest BCUT2D eigenvalue weighted by molar-refractivity contribution is 7.99. The number of fused-ring (bicyclic) bond motifs is 1. The molecule has 1 heterocycles. The van der Waals surface area contributed by atoms with Gasteiger partial charge in [-0.3, -0.25) is 4.79 Å². The summed E-state index contributed by atoms with van der Waals surface area (Å²) in [4.78, 5) is 15.3. The van der Waals surface area contributed by atoms with E-state index in [0.717, 1.165) is 17.5 Å². The number of aromatic nitrogens is 2. The van der Waals surface area contributed by atoms with Gasteiger partial charge in [0, 0.05) is 11.1 Å². The van der Waals surface area contributed by atoms with Crippen LogP contribution in [-0.4, -0.2) is 26.4 Å². The van der Waals surface area contributed by atoms with Gasteiger partial charge in [0.2, 0.25) is 0 Å². The summed E-state index contributed by atoms with van der Waals surface area (Å²) < 4.78 is 2.02. The molecule has 106 valence electrons. The Hall–Kier alpha value is -1.46. The van der Waals surface area contributed by atoms with Gasteiger partial charge >= 0.3 is 5.97 Å². The molecule has 1 aromatic heterocycles. The fourth-order valence-electron chi connectivity index (χ4n) is 2.04. The molecule has 0 spiro atoms. The van der Waals surface area contributed by atoms with Crippen molar-refractivity contribution in [3.8, 4) is 0 Å². The highest BCUT2D eigenvalue weighted by Crippen LogP contribution is 2.30. The molecule has 1 unspecified atom stereocenters. The van der Waals surface area contributed by atoms with E-state index in [9.17, 15) is 4.79 Å². The highest BCUT2D eigenvalue weighted by Gasteiger charge is 2.16. The Bertz CT molecular complexity index is 654. The van der Waals surface area contributed by atoms with Crippen LogP contribution in [0.4, 0.5) is 0 Å². The predicted molar refractivity (Wildman–Crippen MR) is 82.6 cm³/mol. The van der Waals surface area contributed by atoms with Crippen LogP contribution < -0.4 is 0 Å². The molecule has 2 aromatic rings. The topological polar surface area (TPSA) is 55.1 Å². The van der Waals surface area contributed by atoms with Crippen molar-refractivity contribution in [2.45, 2.75) is 24.5 Å². The second-order valence-corrected chi connectivity index (χ2v) is 5.83. The average Bonchev–Trinajstić information content (AvgIpc) is 2.74. The fraction of sp³-hybridized carbons (Fsp3) is 0.286. The van der Waals surface area contributed by atoms with Gasteiger partial charge in [0.05, 0.1) is 16.8 Å². The first-order valence-electron chi connectivity index (χ1n) is 6.16. The molecule has 0 saturated heterocycles. The molecule has 0 aliphatic carbocycles. The van der Waals surface area contributed by atoms with Gasteiger partial charge in [-0.2, -0.15) is 0 Å². The van der Waals surface area contributed by atoms with Crippen molar-refractivity contribution in [1.82, 2.24) is 9.55 Å². The Morgan fingerprint density at radius 1 is 1.65 bits per heavy atom. The van der Waals surface area contributed by atoms with Gasteiger partial charge in [-0.15, -0.1) is 6.58 Å². The number of benzene rings is 1. The molecule has 1 atom stereocenters. The van der Waals surface area contributed by atoms with Crippen LogP contribution in [0.3, 0.4) is 0 Å². The first-order chi connectivity index (χ1) is 9.52. The van der Waals surface area contributed by atoms with E-state index in [-0.39, 0.29) is 11.8 Å². The molecular weight excluding hydrogens is 296 g/mol. The lowest BCUT2D eigenvalue weighted by atomic mass is 10.2. The van der Waals surface area contributed by atoms with Crippen LogP contribution in [-0.2, 0) is 4.79 Å². The zero-order valence-corrected chi connectivity index (χ0v) is 12.6. The lowest BCUT2D eigenvalue weighted by molar-refractivity contribution is -0.133. The third kappa shape index (κ3) is 3.16. The van der Waals surface area contributed by atoms with E-state index in [1.807, 2.05) is 22.8 Å². The number of carboxylic acids is 1. The number of hydrogen-bond donors (Lipinski definition) is 1. The lowest BCUT2D eigenvalue weighted by Gasteiger charge is -2.15. The van der Waals surface area contributed by atoms with E-state index in [0.29, 0.717) is 10.2 Å². The van der Waals surface area contributed by atoms with Gasteiger partial charge in [0.25, 0.3) is 0 Å². The van der Waals surface area contributed by atoms with Crippen LogP contribution in [0.5, 0.6) is 0 Å². The number of halogens is 1. The monoisotopic (exact) mass is 310 g/mol. The highest BCUT2D eigenvalue weighted by atomic mass is 35.5.